The molecular formula is C21H24N+. The minimum Gasteiger partial charge on any atom is -0.198 e. The Balaban J connectivity index is 2.46. The van der Waals surface area contributed by atoms with Crippen LogP contribution in [0.1, 0.15) is 39.3 Å². The second kappa shape index (κ2) is 5.57. The van der Waals surface area contributed by atoms with Crippen LogP contribution in [0.15, 0.2) is 48.5 Å². The zero-order valence-corrected chi connectivity index (χ0v) is 14.0. The summed E-state index contributed by atoms with van der Waals surface area (Å²) in [5.74, 6) is 0.462. The van der Waals surface area contributed by atoms with Gasteiger partial charge in [0.2, 0.25) is 5.69 Å². The van der Waals surface area contributed by atoms with Crippen molar-refractivity contribution in [3.05, 3.63) is 65.3 Å². The molecule has 0 radical (unpaired) electrons. The molecule has 1 aromatic heterocycles. The lowest BCUT2D eigenvalue weighted by Gasteiger charge is -2.12. The number of rotatable bonds is 2. The monoisotopic (exact) mass is 292 g/mol. The van der Waals surface area contributed by atoms with Crippen LogP contribution < -0.4 is 4.57 Å². The molecule has 0 amide bonds. The lowest BCUT2D eigenvalue weighted by atomic mass is 9.94. The molecule has 112 valence electrons. The van der Waals surface area contributed by atoms with Crippen molar-refractivity contribution in [3.63, 3.8) is 0 Å². The van der Waals surface area contributed by atoms with Gasteiger partial charge in [-0.15, -0.1) is 0 Å². The molecule has 2 aromatic carbocycles. The zero-order valence-electron chi connectivity index (χ0n) is 16.0. The number of nitrogens with zero attached hydrogens (tertiary/aromatic N) is 1. The minimum absolute atomic E-state index is 0.385. The van der Waals surface area contributed by atoms with E-state index in [0.717, 1.165) is 22.5 Å². The first-order chi connectivity index (χ1) is 11.3. The van der Waals surface area contributed by atoms with Crippen molar-refractivity contribution in [1.29, 1.82) is 0 Å². The quantitative estimate of drug-likeness (QED) is 0.580. The van der Waals surface area contributed by atoms with Gasteiger partial charge in [0, 0.05) is 18.6 Å². The molecule has 0 atom stereocenters. The highest BCUT2D eigenvalue weighted by Crippen LogP contribution is 2.30. The van der Waals surface area contributed by atoms with Crippen molar-refractivity contribution in [1.82, 2.24) is 0 Å². The molecule has 0 saturated heterocycles. The maximum absolute atomic E-state index is 8.16. The Kier molecular flexibility index (Phi) is 3.14. The van der Waals surface area contributed by atoms with E-state index in [1.807, 2.05) is 13.0 Å². The van der Waals surface area contributed by atoms with Crippen molar-refractivity contribution in [2.45, 2.75) is 33.6 Å². The first kappa shape index (κ1) is 12.4. The predicted octanol–water partition coefficient (Wildman–Crippen LogP) is 5.07. The average Bonchev–Trinajstić information content (AvgIpc) is 2.52. The molecule has 3 aromatic rings. The molecular weight excluding hydrogens is 266 g/mol. The van der Waals surface area contributed by atoms with Crippen LogP contribution in [0.2, 0.25) is 0 Å². The molecule has 3 rings (SSSR count). The minimum atomic E-state index is 0.385. The van der Waals surface area contributed by atoms with E-state index in [-0.39, 0.29) is 0 Å². The van der Waals surface area contributed by atoms with Crippen molar-refractivity contribution in [2.24, 2.45) is 7.05 Å². The molecule has 0 unspecified atom stereocenters. The van der Waals surface area contributed by atoms with Gasteiger partial charge >= 0.3 is 0 Å². The number of hydrogen-bond donors (Lipinski definition) is 0. The summed E-state index contributed by atoms with van der Waals surface area (Å²) in [5.41, 5.74) is 5.45. The van der Waals surface area contributed by atoms with Crippen molar-refractivity contribution < 1.29 is 7.31 Å². The van der Waals surface area contributed by atoms with Gasteiger partial charge in [0.1, 0.15) is 7.05 Å². The Morgan fingerprint density at radius 2 is 1.86 bits per heavy atom. The standard InChI is InChI=1S/C21H24N/c1-14(2)17-10-11-18-12-16(4)22(5)21(20(18)13-17)19-9-7-6-8-15(19)3/h6-14H,1-5H3/q+1/i7D,8D. The van der Waals surface area contributed by atoms with E-state index in [0.29, 0.717) is 18.0 Å². The number of fused-ring (bicyclic) bond motifs is 1. The third kappa shape index (κ3) is 2.41. The van der Waals surface area contributed by atoms with Gasteiger partial charge in [-0.05, 0) is 41.5 Å². The van der Waals surface area contributed by atoms with Crippen LogP contribution in [0.5, 0.6) is 0 Å². The zero-order chi connectivity index (χ0) is 17.6. The van der Waals surface area contributed by atoms with E-state index in [2.05, 4.69) is 56.7 Å². The predicted molar refractivity (Wildman–Crippen MR) is 94.1 cm³/mol. The van der Waals surface area contributed by atoms with Crippen LogP contribution in [0.4, 0.5) is 0 Å². The molecule has 1 heteroatoms. The van der Waals surface area contributed by atoms with Gasteiger partial charge in [0.25, 0.3) is 0 Å². The first-order valence-electron chi connectivity index (χ1n) is 8.81. The van der Waals surface area contributed by atoms with Gasteiger partial charge in [0.15, 0.2) is 5.69 Å². The van der Waals surface area contributed by atoms with Crippen LogP contribution in [0.25, 0.3) is 22.0 Å². The molecule has 0 N–H and O–H groups in total. The van der Waals surface area contributed by atoms with Crippen LogP contribution in [0, 0.1) is 13.8 Å². The number of aryl methyl sites for hydroxylation is 1. The third-order valence-electron chi connectivity index (χ3n) is 4.49. The lowest BCUT2D eigenvalue weighted by Crippen LogP contribution is -2.35. The van der Waals surface area contributed by atoms with Crippen LogP contribution in [-0.2, 0) is 7.05 Å². The normalized spacial score (nSPS) is 12.6. The topological polar surface area (TPSA) is 3.88 Å². The SMILES string of the molecule is [2H]c1cc([2H])c(C)c(-c2c3cc(C(C)C)ccc3cc(C)[n+]2C)c1. The van der Waals surface area contributed by atoms with Gasteiger partial charge in [-0.2, -0.15) is 4.57 Å². The fourth-order valence-electron chi connectivity index (χ4n) is 2.98. The highest BCUT2D eigenvalue weighted by atomic mass is 14.9. The average molecular weight is 292 g/mol. The van der Waals surface area contributed by atoms with Gasteiger partial charge in [-0.1, -0.05) is 44.1 Å². The molecule has 0 spiro atoms. The number of benzene rings is 2. The Hall–Kier alpha value is -2.15. The largest absolute Gasteiger partial charge is 0.220 e. The van der Waals surface area contributed by atoms with E-state index in [4.69, 9.17) is 2.74 Å². The summed E-state index contributed by atoms with van der Waals surface area (Å²) in [6.45, 7) is 8.47. The Bertz CT molecular complexity index is 942. The molecule has 0 aliphatic rings. The number of hydrogen-bond acceptors (Lipinski definition) is 0. The molecule has 0 aliphatic carbocycles. The van der Waals surface area contributed by atoms with E-state index < -0.39 is 0 Å². The Morgan fingerprint density at radius 1 is 1.09 bits per heavy atom. The van der Waals surface area contributed by atoms with Crippen molar-refractivity contribution in [3.8, 4) is 11.3 Å². The third-order valence-corrected chi connectivity index (χ3v) is 4.49. The fourth-order valence-corrected chi connectivity index (χ4v) is 2.98. The van der Waals surface area contributed by atoms with Crippen LogP contribution in [-0.4, -0.2) is 0 Å². The second-order valence-electron chi connectivity index (χ2n) is 6.33. The summed E-state index contributed by atoms with van der Waals surface area (Å²) in [6, 6.07) is 13.1. The van der Waals surface area contributed by atoms with E-state index in [1.165, 1.54) is 16.3 Å². The molecule has 0 saturated carbocycles. The van der Waals surface area contributed by atoms with Gasteiger partial charge in [-0.25, -0.2) is 0 Å². The summed E-state index contributed by atoms with van der Waals surface area (Å²) in [6.07, 6.45) is 0. The smallest absolute Gasteiger partial charge is 0.198 e. The maximum Gasteiger partial charge on any atom is 0.220 e. The molecule has 22 heavy (non-hydrogen) atoms. The summed E-state index contributed by atoms with van der Waals surface area (Å²) in [5, 5.41) is 2.38. The van der Waals surface area contributed by atoms with Crippen molar-refractivity contribution >= 4 is 10.8 Å². The Morgan fingerprint density at radius 3 is 2.59 bits per heavy atom. The second-order valence-corrected chi connectivity index (χ2v) is 6.33. The number of aromatic nitrogens is 1. The summed E-state index contributed by atoms with van der Waals surface area (Å²) >= 11 is 0. The van der Waals surface area contributed by atoms with Gasteiger partial charge in [0.05, 0.1) is 8.13 Å². The van der Waals surface area contributed by atoms with Crippen molar-refractivity contribution in [2.75, 3.05) is 0 Å². The fraction of sp³-hybridized carbons (Fsp3) is 0.286. The first-order valence-corrected chi connectivity index (χ1v) is 7.81. The summed E-state index contributed by atoms with van der Waals surface area (Å²) in [7, 11) is 2.06. The van der Waals surface area contributed by atoms with Gasteiger partial charge < -0.3 is 0 Å². The molecule has 0 bridgehead atoms. The van der Waals surface area contributed by atoms with Gasteiger partial charge in [-0.3, -0.25) is 0 Å². The Labute approximate surface area is 136 Å². The van der Waals surface area contributed by atoms with E-state index in [1.54, 1.807) is 6.07 Å². The molecule has 0 aliphatic heterocycles. The highest BCUT2D eigenvalue weighted by Gasteiger charge is 2.19. The van der Waals surface area contributed by atoms with E-state index >= 15 is 0 Å². The van der Waals surface area contributed by atoms with E-state index in [9.17, 15) is 0 Å². The summed E-state index contributed by atoms with van der Waals surface area (Å²) < 4.78 is 18.4. The highest BCUT2D eigenvalue weighted by molar-refractivity contribution is 5.94. The van der Waals surface area contributed by atoms with Crippen LogP contribution in [0.3, 0.4) is 0 Å². The lowest BCUT2D eigenvalue weighted by molar-refractivity contribution is -0.665. The summed E-state index contributed by atoms with van der Waals surface area (Å²) in [4.78, 5) is 0. The number of pyridine rings is 1. The molecule has 0 fully saturated rings. The maximum atomic E-state index is 8.16. The molecule has 1 nitrogen and oxygen atoms in total. The van der Waals surface area contributed by atoms with Crippen LogP contribution >= 0.6 is 0 Å². The molecule has 1 heterocycles.